The van der Waals surface area contributed by atoms with Crippen molar-refractivity contribution in [2.24, 2.45) is 5.41 Å². The van der Waals surface area contributed by atoms with E-state index in [2.05, 4.69) is 26.1 Å². The minimum absolute atomic E-state index is 0.0441. The summed E-state index contributed by atoms with van der Waals surface area (Å²) in [5.74, 6) is -1.86. The molecule has 1 aromatic carbocycles. The molecule has 3 nitrogen and oxygen atoms in total. The van der Waals surface area contributed by atoms with E-state index in [1.54, 1.807) is 13.0 Å². The summed E-state index contributed by atoms with van der Waals surface area (Å²) < 4.78 is 29.6. The number of aliphatic hydroxyl groups excluding tert-OH is 1. The average molecular weight is 446 g/mol. The third-order valence-electron chi connectivity index (χ3n) is 6.24. The number of aliphatic hydroxyl groups is 1. The fourth-order valence-electron chi connectivity index (χ4n) is 4.27. The van der Waals surface area contributed by atoms with Gasteiger partial charge in [-0.1, -0.05) is 44.9 Å². The zero-order chi connectivity index (χ0) is 23.9. The Labute approximate surface area is 191 Å². The van der Waals surface area contributed by atoms with E-state index < -0.39 is 23.7 Å². The van der Waals surface area contributed by atoms with Gasteiger partial charge in [0.25, 0.3) is 5.91 Å². The molecule has 1 amide bonds. The molecule has 0 radical (unpaired) electrons. The number of nitrogens with one attached hydrogen (secondary N) is 1. The molecule has 5 heteroatoms. The van der Waals surface area contributed by atoms with E-state index in [-0.39, 0.29) is 16.5 Å². The molecule has 0 aliphatic heterocycles. The molecule has 0 aromatic heterocycles. The van der Waals surface area contributed by atoms with Gasteiger partial charge >= 0.3 is 0 Å². The van der Waals surface area contributed by atoms with Crippen molar-refractivity contribution < 1.29 is 18.7 Å². The highest BCUT2D eigenvalue weighted by Gasteiger charge is 2.26. The largest absolute Gasteiger partial charge is 0.393 e. The topological polar surface area (TPSA) is 49.3 Å². The lowest BCUT2D eigenvalue weighted by molar-refractivity contribution is 0.0940. The van der Waals surface area contributed by atoms with Crippen LogP contribution in [0.2, 0.25) is 0 Å². The van der Waals surface area contributed by atoms with Crippen LogP contribution in [-0.4, -0.2) is 23.7 Å². The molecule has 1 unspecified atom stereocenters. The van der Waals surface area contributed by atoms with Gasteiger partial charge in [-0.05, 0) is 80.7 Å². The van der Waals surface area contributed by atoms with Gasteiger partial charge in [0.05, 0.1) is 6.10 Å². The van der Waals surface area contributed by atoms with Crippen LogP contribution in [0.25, 0.3) is 5.83 Å². The maximum absolute atomic E-state index is 15.0. The molecule has 176 valence electrons. The molecule has 2 N–H and O–H groups in total. The van der Waals surface area contributed by atoms with Crippen LogP contribution in [0.1, 0.15) is 89.1 Å². The Balaban J connectivity index is 2.12. The van der Waals surface area contributed by atoms with Crippen LogP contribution < -0.4 is 5.32 Å². The van der Waals surface area contributed by atoms with Crippen LogP contribution in [0.4, 0.5) is 8.78 Å². The number of amides is 1. The van der Waals surface area contributed by atoms with Crippen LogP contribution in [0.3, 0.4) is 0 Å². The lowest BCUT2D eigenvalue weighted by Gasteiger charge is -2.33. The molecule has 2 rings (SSSR count). The van der Waals surface area contributed by atoms with Crippen molar-refractivity contribution in [3.05, 3.63) is 64.0 Å². The first-order valence-corrected chi connectivity index (χ1v) is 11.6. The molecular weight excluding hydrogens is 408 g/mol. The van der Waals surface area contributed by atoms with Crippen molar-refractivity contribution in [2.45, 2.75) is 79.2 Å². The van der Waals surface area contributed by atoms with Crippen LogP contribution in [0, 0.1) is 11.2 Å². The number of carbonyl (C=O) groups is 1. The quantitative estimate of drug-likeness (QED) is 0.407. The van der Waals surface area contributed by atoms with E-state index in [1.165, 1.54) is 23.3 Å². The van der Waals surface area contributed by atoms with E-state index in [0.717, 1.165) is 31.7 Å². The van der Waals surface area contributed by atoms with Gasteiger partial charge in [-0.3, -0.25) is 4.79 Å². The second-order valence-electron chi connectivity index (χ2n) is 9.44. The average Bonchev–Trinajstić information content (AvgIpc) is 2.72. The molecule has 32 heavy (non-hydrogen) atoms. The van der Waals surface area contributed by atoms with Gasteiger partial charge in [-0.2, -0.15) is 0 Å². The molecule has 1 aromatic rings. The smallest absolute Gasteiger partial charge is 0.251 e. The SMILES string of the molecule is CCCC(O)CCNC(=O)c1ccc(/C(F)=C(C)/C=C/C2=C(C)CCCC2(C)C)c(F)c1. The zero-order valence-corrected chi connectivity index (χ0v) is 20.0. The third kappa shape index (κ3) is 6.86. The minimum atomic E-state index is -0.776. The fourth-order valence-corrected chi connectivity index (χ4v) is 4.27. The van der Waals surface area contributed by atoms with Gasteiger partial charge < -0.3 is 10.4 Å². The normalized spacial score (nSPS) is 18.0. The van der Waals surface area contributed by atoms with E-state index in [1.807, 2.05) is 13.0 Å². The van der Waals surface area contributed by atoms with Gasteiger partial charge in [-0.15, -0.1) is 0 Å². The highest BCUT2D eigenvalue weighted by molar-refractivity contribution is 5.94. The van der Waals surface area contributed by atoms with Gasteiger partial charge in [0.2, 0.25) is 0 Å². The zero-order valence-electron chi connectivity index (χ0n) is 20.0. The maximum atomic E-state index is 15.0. The molecule has 0 bridgehead atoms. The Morgan fingerprint density at radius 1 is 1.31 bits per heavy atom. The number of hydrogen-bond donors (Lipinski definition) is 2. The van der Waals surface area contributed by atoms with Crippen molar-refractivity contribution in [1.82, 2.24) is 5.32 Å². The third-order valence-corrected chi connectivity index (χ3v) is 6.24. The summed E-state index contributed by atoms with van der Waals surface area (Å²) >= 11 is 0. The number of halogens is 2. The van der Waals surface area contributed by atoms with E-state index in [9.17, 15) is 18.7 Å². The maximum Gasteiger partial charge on any atom is 0.251 e. The molecule has 0 fully saturated rings. The molecule has 0 spiro atoms. The number of rotatable bonds is 9. The van der Waals surface area contributed by atoms with Gasteiger partial charge in [0.1, 0.15) is 11.6 Å². The molecule has 1 aliphatic carbocycles. The van der Waals surface area contributed by atoms with Crippen LogP contribution in [0.15, 0.2) is 47.1 Å². The summed E-state index contributed by atoms with van der Waals surface area (Å²) in [5.41, 5.74) is 2.88. The van der Waals surface area contributed by atoms with Crippen molar-refractivity contribution >= 4 is 11.7 Å². The Bertz CT molecular complexity index is 912. The molecule has 1 aliphatic rings. The summed E-state index contributed by atoms with van der Waals surface area (Å²) in [5, 5.41) is 12.4. The second-order valence-corrected chi connectivity index (χ2v) is 9.44. The van der Waals surface area contributed by atoms with Crippen molar-refractivity contribution in [1.29, 1.82) is 0 Å². The Kier molecular flexibility index (Phi) is 9.38. The van der Waals surface area contributed by atoms with E-state index >= 15 is 0 Å². The molecule has 0 saturated carbocycles. The summed E-state index contributed by atoms with van der Waals surface area (Å²) in [6.07, 6.45) is 8.47. The van der Waals surface area contributed by atoms with Crippen LogP contribution in [-0.2, 0) is 0 Å². The van der Waals surface area contributed by atoms with Crippen molar-refractivity contribution in [2.75, 3.05) is 6.54 Å². The summed E-state index contributed by atoms with van der Waals surface area (Å²) in [6, 6.07) is 3.78. The highest BCUT2D eigenvalue weighted by Crippen LogP contribution is 2.41. The number of benzene rings is 1. The Hall–Kier alpha value is -2.27. The lowest BCUT2D eigenvalue weighted by Crippen LogP contribution is -2.27. The number of allylic oxidation sites excluding steroid dienone is 5. The first kappa shape index (κ1) is 26.0. The first-order valence-electron chi connectivity index (χ1n) is 11.6. The molecule has 0 heterocycles. The predicted molar refractivity (Wildman–Crippen MR) is 127 cm³/mol. The van der Waals surface area contributed by atoms with Crippen molar-refractivity contribution in [3.8, 4) is 0 Å². The minimum Gasteiger partial charge on any atom is -0.393 e. The van der Waals surface area contributed by atoms with Gasteiger partial charge in [-0.25, -0.2) is 8.78 Å². The summed E-state index contributed by atoms with van der Waals surface area (Å²) in [6.45, 7) is 10.4. The predicted octanol–water partition coefficient (Wildman–Crippen LogP) is 6.89. The number of hydrogen-bond acceptors (Lipinski definition) is 2. The van der Waals surface area contributed by atoms with Crippen LogP contribution in [0.5, 0.6) is 0 Å². The monoisotopic (exact) mass is 445 g/mol. The highest BCUT2D eigenvalue weighted by atomic mass is 19.1. The van der Waals surface area contributed by atoms with Gasteiger partial charge in [0.15, 0.2) is 0 Å². The van der Waals surface area contributed by atoms with E-state index in [4.69, 9.17) is 0 Å². The lowest BCUT2D eigenvalue weighted by atomic mass is 9.72. The standard InChI is InChI=1S/C27H37F2NO2/c1-6-8-21(31)14-16-30-26(32)20-11-12-22(24(28)17-20)25(29)19(3)10-13-23-18(2)9-7-15-27(23,4)5/h10-13,17,21,31H,6-9,14-16H2,1-5H3,(H,30,32)/b13-10+,25-19-. The second kappa shape index (κ2) is 11.6. The first-order chi connectivity index (χ1) is 15.1. The summed E-state index contributed by atoms with van der Waals surface area (Å²) in [4.78, 5) is 12.2. The molecule has 0 saturated heterocycles. The van der Waals surface area contributed by atoms with Crippen LogP contribution >= 0.6 is 0 Å². The van der Waals surface area contributed by atoms with Crippen molar-refractivity contribution in [3.63, 3.8) is 0 Å². The fraction of sp³-hybridized carbons (Fsp3) is 0.519. The number of carbonyl (C=O) groups excluding carboxylic acids is 1. The molecule has 1 atom stereocenters. The van der Waals surface area contributed by atoms with E-state index in [0.29, 0.717) is 25.0 Å². The Morgan fingerprint density at radius 3 is 2.66 bits per heavy atom. The summed E-state index contributed by atoms with van der Waals surface area (Å²) in [7, 11) is 0. The molecular formula is C27H37F2NO2. The van der Waals surface area contributed by atoms with Gasteiger partial charge in [0, 0.05) is 17.7 Å². The Morgan fingerprint density at radius 2 is 2.03 bits per heavy atom.